The molecule has 1 N–H and O–H groups in total. The second kappa shape index (κ2) is 15.6. The molecule has 0 saturated heterocycles. The van der Waals surface area contributed by atoms with Gasteiger partial charge < -0.3 is 14.6 Å². The van der Waals surface area contributed by atoms with Crippen LogP contribution in [0.5, 0.6) is 5.75 Å². The Balaban J connectivity index is 1.01. The molecular formula is C40H47N3O2. The fourth-order valence-electron chi connectivity index (χ4n) is 5.69. The molecule has 0 aliphatic rings. The van der Waals surface area contributed by atoms with Crippen LogP contribution in [-0.2, 0) is 29.6 Å². The van der Waals surface area contributed by atoms with E-state index in [0.29, 0.717) is 19.6 Å². The predicted octanol–water partition coefficient (Wildman–Crippen LogP) is 8.93. The first kappa shape index (κ1) is 32.0. The molecule has 5 nitrogen and oxygen atoms in total. The van der Waals surface area contributed by atoms with Crippen molar-refractivity contribution in [3.05, 3.63) is 120 Å². The van der Waals surface area contributed by atoms with Crippen molar-refractivity contribution >= 4 is 16.9 Å². The van der Waals surface area contributed by atoms with Gasteiger partial charge in [0.1, 0.15) is 11.6 Å². The normalized spacial score (nSPS) is 11.5. The average molecular weight is 602 g/mol. The van der Waals surface area contributed by atoms with Crippen molar-refractivity contribution in [2.45, 2.75) is 77.7 Å². The van der Waals surface area contributed by atoms with E-state index in [-0.39, 0.29) is 11.3 Å². The fourth-order valence-corrected chi connectivity index (χ4v) is 5.69. The van der Waals surface area contributed by atoms with Gasteiger partial charge in [0.15, 0.2) is 0 Å². The molecule has 0 aliphatic carbocycles. The lowest BCUT2D eigenvalue weighted by molar-refractivity contribution is -0.120. The van der Waals surface area contributed by atoms with E-state index in [4.69, 9.17) is 9.72 Å². The van der Waals surface area contributed by atoms with Gasteiger partial charge in [-0.05, 0) is 77.6 Å². The molecule has 5 aromatic rings. The number of unbranched alkanes of at least 4 members (excludes halogenated alkanes) is 3. The SMILES string of the molecule is CC(C)(C)c1ccc(OCCCCn2c(CCCCCNC(=O)Cc3ccc(-c4ccccc4)cc3)nc3ccccc32)cc1. The number of fused-ring (bicyclic) bond motifs is 1. The summed E-state index contributed by atoms with van der Waals surface area (Å²) in [6, 6.07) is 35.5. The summed E-state index contributed by atoms with van der Waals surface area (Å²) in [6.45, 7) is 9.03. The topological polar surface area (TPSA) is 56.1 Å². The molecule has 1 heterocycles. The van der Waals surface area contributed by atoms with Crippen molar-refractivity contribution in [2.75, 3.05) is 13.2 Å². The van der Waals surface area contributed by atoms with Crippen LogP contribution in [0.2, 0.25) is 0 Å². The molecule has 0 saturated carbocycles. The Morgan fingerprint density at radius 1 is 0.756 bits per heavy atom. The molecule has 0 aliphatic heterocycles. The number of amides is 1. The Morgan fingerprint density at radius 2 is 1.47 bits per heavy atom. The first-order chi connectivity index (χ1) is 21.9. The zero-order valence-electron chi connectivity index (χ0n) is 27.1. The highest BCUT2D eigenvalue weighted by molar-refractivity contribution is 5.79. The number of hydrogen-bond donors (Lipinski definition) is 1. The number of carbonyl (C=O) groups excluding carboxylic acids is 1. The van der Waals surface area contributed by atoms with Crippen molar-refractivity contribution in [3.8, 4) is 16.9 Å². The van der Waals surface area contributed by atoms with E-state index in [1.165, 1.54) is 22.2 Å². The summed E-state index contributed by atoms with van der Waals surface area (Å²) in [5.74, 6) is 2.17. The highest BCUT2D eigenvalue weighted by Crippen LogP contribution is 2.25. The molecule has 0 fully saturated rings. The van der Waals surface area contributed by atoms with Gasteiger partial charge >= 0.3 is 0 Å². The molecule has 0 bridgehead atoms. The van der Waals surface area contributed by atoms with Crippen LogP contribution in [0.1, 0.15) is 69.8 Å². The lowest BCUT2D eigenvalue weighted by Gasteiger charge is -2.19. The van der Waals surface area contributed by atoms with Gasteiger partial charge in [0.05, 0.1) is 24.1 Å². The number of rotatable bonds is 15. The van der Waals surface area contributed by atoms with Gasteiger partial charge in [-0.25, -0.2) is 4.98 Å². The van der Waals surface area contributed by atoms with Gasteiger partial charge in [-0.1, -0.05) is 106 Å². The van der Waals surface area contributed by atoms with Gasteiger partial charge in [-0.15, -0.1) is 0 Å². The summed E-state index contributed by atoms with van der Waals surface area (Å²) >= 11 is 0. The predicted molar refractivity (Wildman–Crippen MR) is 186 cm³/mol. The minimum absolute atomic E-state index is 0.0788. The summed E-state index contributed by atoms with van der Waals surface area (Å²) in [4.78, 5) is 17.5. The smallest absolute Gasteiger partial charge is 0.224 e. The summed E-state index contributed by atoms with van der Waals surface area (Å²) in [5.41, 5.74) is 7.12. The standard InChI is InChI=1S/C40H47N3O2/c1-40(2,3)34-23-25-35(26-24-34)45-29-13-12-28-43-37-17-10-9-16-36(37)42-38(43)18-8-5-11-27-41-39(44)30-31-19-21-33(22-20-31)32-14-6-4-7-15-32/h4,6-7,9-10,14-17,19-26H,5,8,11-13,18,27-30H2,1-3H3,(H,41,44). The molecule has 0 unspecified atom stereocenters. The molecule has 5 rings (SSSR count). The van der Waals surface area contributed by atoms with Crippen molar-refractivity contribution in [3.63, 3.8) is 0 Å². The third-order valence-electron chi connectivity index (χ3n) is 8.32. The van der Waals surface area contributed by atoms with E-state index < -0.39 is 0 Å². The second-order valence-corrected chi connectivity index (χ2v) is 12.9. The minimum Gasteiger partial charge on any atom is -0.494 e. The number of hydrogen-bond acceptors (Lipinski definition) is 3. The van der Waals surface area contributed by atoms with E-state index >= 15 is 0 Å². The van der Waals surface area contributed by atoms with Crippen LogP contribution < -0.4 is 10.1 Å². The van der Waals surface area contributed by atoms with Crippen LogP contribution in [0.4, 0.5) is 0 Å². The fraction of sp³-hybridized carbons (Fsp3) is 0.350. The summed E-state index contributed by atoms with van der Waals surface area (Å²) in [6.07, 6.45) is 6.44. The molecule has 5 heteroatoms. The Labute approximate surface area is 268 Å². The Kier molecular flexibility index (Phi) is 11.1. The third-order valence-corrected chi connectivity index (χ3v) is 8.32. The van der Waals surface area contributed by atoms with Crippen LogP contribution in [0.25, 0.3) is 22.2 Å². The molecule has 0 atom stereocenters. The lowest BCUT2D eigenvalue weighted by atomic mass is 9.87. The summed E-state index contributed by atoms with van der Waals surface area (Å²) in [7, 11) is 0. The summed E-state index contributed by atoms with van der Waals surface area (Å²) < 4.78 is 8.42. The highest BCUT2D eigenvalue weighted by atomic mass is 16.5. The van der Waals surface area contributed by atoms with E-state index in [2.05, 4.69) is 103 Å². The van der Waals surface area contributed by atoms with E-state index in [1.807, 2.05) is 30.3 Å². The Morgan fingerprint density at radius 3 is 2.22 bits per heavy atom. The largest absolute Gasteiger partial charge is 0.494 e. The second-order valence-electron chi connectivity index (χ2n) is 12.9. The van der Waals surface area contributed by atoms with Crippen molar-refractivity contribution in [1.29, 1.82) is 0 Å². The van der Waals surface area contributed by atoms with E-state index in [1.54, 1.807) is 0 Å². The first-order valence-corrected chi connectivity index (χ1v) is 16.5. The average Bonchev–Trinajstić information content (AvgIpc) is 3.40. The van der Waals surface area contributed by atoms with Gasteiger partial charge in [0.2, 0.25) is 5.91 Å². The minimum atomic E-state index is 0.0788. The zero-order chi connectivity index (χ0) is 31.5. The number of para-hydroxylation sites is 2. The van der Waals surface area contributed by atoms with Crippen LogP contribution in [0.3, 0.4) is 0 Å². The Bertz CT molecular complexity index is 1630. The lowest BCUT2D eigenvalue weighted by Crippen LogP contribution is -2.26. The maximum atomic E-state index is 12.5. The monoisotopic (exact) mass is 601 g/mol. The zero-order valence-corrected chi connectivity index (χ0v) is 27.1. The maximum absolute atomic E-state index is 12.5. The maximum Gasteiger partial charge on any atom is 0.224 e. The van der Waals surface area contributed by atoms with Crippen LogP contribution in [0.15, 0.2) is 103 Å². The first-order valence-electron chi connectivity index (χ1n) is 16.5. The van der Waals surface area contributed by atoms with Crippen molar-refractivity contribution in [1.82, 2.24) is 14.9 Å². The molecule has 4 aromatic carbocycles. The van der Waals surface area contributed by atoms with Gasteiger partial charge in [-0.3, -0.25) is 4.79 Å². The number of benzene rings is 4. The number of ether oxygens (including phenoxy) is 1. The number of aryl methyl sites for hydroxylation is 2. The third kappa shape index (κ3) is 9.31. The quantitative estimate of drug-likeness (QED) is 0.122. The van der Waals surface area contributed by atoms with Gasteiger partial charge in [0.25, 0.3) is 0 Å². The van der Waals surface area contributed by atoms with Gasteiger partial charge in [-0.2, -0.15) is 0 Å². The van der Waals surface area contributed by atoms with Crippen molar-refractivity contribution < 1.29 is 9.53 Å². The van der Waals surface area contributed by atoms with E-state index in [0.717, 1.165) is 67.7 Å². The molecule has 1 aromatic heterocycles. The molecule has 0 spiro atoms. The van der Waals surface area contributed by atoms with E-state index in [9.17, 15) is 4.79 Å². The summed E-state index contributed by atoms with van der Waals surface area (Å²) in [5, 5.41) is 3.10. The molecule has 234 valence electrons. The molecule has 45 heavy (non-hydrogen) atoms. The van der Waals surface area contributed by atoms with Crippen LogP contribution in [0, 0.1) is 0 Å². The molecular weight excluding hydrogens is 554 g/mol. The molecule has 1 amide bonds. The van der Waals surface area contributed by atoms with Crippen LogP contribution >= 0.6 is 0 Å². The van der Waals surface area contributed by atoms with Gasteiger partial charge in [0, 0.05) is 19.5 Å². The Hall–Kier alpha value is -4.38. The number of nitrogens with zero attached hydrogens (tertiary/aromatic N) is 2. The van der Waals surface area contributed by atoms with Crippen LogP contribution in [-0.4, -0.2) is 28.6 Å². The molecule has 0 radical (unpaired) electrons. The number of imidazole rings is 1. The highest BCUT2D eigenvalue weighted by Gasteiger charge is 2.13. The number of nitrogens with one attached hydrogen (secondary N) is 1. The van der Waals surface area contributed by atoms with Crippen molar-refractivity contribution in [2.24, 2.45) is 0 Å². The number of aromatic nitrogens is 2. The number of carbonyl (C=O) groups is 1.